The van der Waals surface area contributed by atoms with E-state index in [1.54, 1.807) is 18.4 Å². The van der Waals surface area contributed by atoms with Crippen molar-refractivity contribution in [3.8, 4) is 5.06 Å². The molecule has 0 aliphatic carbocycles. The first-order chi connectivity index (χ1) is 5.46. The van der Waals surface area contributed by atoms with Gasteiger partial charge in [0.05, 0.1) is 11.6 Å². The van der Waals surface area contributed by atoms with Crippen LogP contribution in [0.4, 0.5) is 0 Å². The predicted octanol–water partition coefficient (Wildman–Crippen LogP) is 3.82. The highest BCUT2D eigenvalue weighted by atomic mass is 79.9. The van der Waals surface area contributed by atoms with Crippen LogP contribution in [0.2, 0.25) is 0 Å². The van der Waals surface area contributed by atoms with E-state index in [4.69, 9.17) is 4.74 Å². The van der Waals surface area contributed by atoms with Crippen molar-refractivity contribution in [1.29, 1.82) is 0 Å². The summed E-state index contributed by atoms with van der Waals surface area (Å²) < 4.78 is 6.29. The highest BCUT2D eigenvalue weighted by Gasteiger charge is 2.20. The zero-order valence-electron chi connectivity index (χ0n) is 7.77. The summed E-state index contributed by atoms with van der Waals surface area (Å²) in [7, 11) is 1.70. The van der Waals surface area contributed by atoms with Gasteiger partial charge >= 0.3 is 0 Å². The minimum Gasteiger partial charge on any atom is -0.486 e. The lowest BCUT2D eigenvalue weighted by atomic mass is 9.89. The Morgan fingerprint density at radius 3 is 2.25 bits per heavy atom. The fourth-order valence-electron chi connectivity index (χ4n) is 0.970. The highest BCUT2D eigenvalue weighted by molar-refractivity contribution is 9.10. The van der Waals surface area contributed by atoms with E-state index < -0.39 is 0 Å². The van der Waals surface area contributed by atoms with Crippen molar-refractivity contribution in [3.63, 3.8) is 0 Å². The molecule has 12 heavy (non-hydrogen) atoms. The van der Waals surface area contributed by atoms with Crippen LogP contribution in [0.15, 0.2) is 9.85 Å². The van der Waals surface area contributed by atoms with Gasteiger partial charge in [-0.15, -0.1) is 11.3 Å². The average Bonchev–Trinajstić information content (AvgIpc) is 2.29. The van der Waals surface area contributed by atoms with E-state index in [1.165, 1.54) is 5.56 Å². The van der Waals surface area contributed by atoms with Crippen molar-refractivity contribution in [3.05, 3.63) is 15.4 Å². The van der Waals surface area contributed by atoms with E-state index in [1.807, 2.05) is 0 Å². The van der Waals surface area contributed by atoms with Crippen molar-refractivity contribution >= 4 is 27.3 Å². The third kappa shape index (κ3) is 1.83. The second-order valence-corrected chi connectivity index (χ2v) is 5.34. The van der Waals surface area contributed by atoms with Gasteiger partial charge in [0.25, 0.3) is 0 Å². The molecule has 3 heteroatoms. The number of thiophene rings is 1. The van der Waals surface area contributed by atoms with E-state index in [0.29, 0.717) is 0 Å². The van der Waals surface area contributed by atoms with Gasteiger partial charge in [0.1, 0.15) is 0 Å². The Hall–Kier alpha value is -0.0200. The minimum atomic E-state index is 0.187. The van der Waals surface area contributed by atoms with E-state index in [-0.39, 0.29) is 5.41 Å². The van der Waals surface area contributed by atoms with Crippen LogP contribution >= 0.6 is 27.3 Å². The third-order valence-corrected chi connectivity index (χ3v) is 3.68. The largest absolute Gasteiger partial charge is 0.486 e. The van der Waals surface area contributed by atoms with Crippen molar-refractivity contribution in [1.82, 2.24) is 0 Å². The van der Waals surface area contributed by atoms with Crippen LogP contribution < -0.4 is 4.74 Å². The Morgan fingerprint density at radius 1 is 1.42 bits per heavy atom. The molecule has 0 spiro atoms. The minimum absolute atomic E-state index is 0.187. The quantitative estimate of drug-likeness (QED) is 0.735. The summed E-state index contributed by atoms with van der Waals surface area (Å²) in [6.45, 7) is 6.58. The first kappa shape index (κ1) is 10.1. The Labute approximate surface area is 85.9 Å². The van der Waals surface area contributed by atoms with Gasteiger partial charge in [0, 0.05) is 0 Å². The molecule has 0 saturated carbocycles. The van der Waals surface area contributed by atoms with Crippen LogP contribution in [0, 0.1) is 0 Å². The lowest BCUT2D eigenvalue weighted by molar-refractivity contribution is 0.423. The molecule has 1 aromatic heterocycles. The third-order valence-electron chi connectivity index (χ3n) is 1.69. The molecule has 0 aromatic carbocycles. The second kappa shape index (κ2) is 3.38. The van der Waals surface area contributed by atoms with E-state index in [9.17, 15) is 0 Å². The lowest BCUT2D eigenvalue weighted by Crippen LogP contribution is -2.10. The molecule has 0 aliphatic rings. The van der Waals surface area contributed by atoms with Crippen LogP contribution in [-0.2, 0) is 5.41 Å². The fraction of sp³-hybridized carbons (Fsp3) is 0.556. The summed E-state index contributed by atoms with van der Waals surface area (Å²) in [6.07, 6.45) is 0. The molecule has 1 nitrogen and oxygen atoms in total. The van der Waals surface area contributed by atoms with Crippen molar-refractivity contribution in [2.24, 2.45) is 0 Å². The average molecular weight is 249 g/mol. The molecule has 0 N–H and O–H groups in total. The SMILES string of the molecule is COc1scc(C(C)(C)C)c1Br. The summed E-state index contributed by atoms with van der Waals surface area (Å²) in [4.78, 5) is 0. The molecule has 0 radical (unpaired) electrons. The van der Waals surface area contributed by atoms with Gasteiger partial charge in [0.2, 0.25) is 0 Å². The van der Waals surface area contributed by atoms with Crippen molar-refractivity contribution in [2.45, 2.75) is 26.2 Å². The van der Waals surface area contributed by atoms with Gasteiger partial charge < -0.3 is 4.74 Å². The smallest absolute Gasteiger partial charge is 0.188 e. The van der Waals surface area contributed by atoms with Gasteiger partial charge in [-0.3, -0.25) is 0 Å². The maximum absolute atomic E-state index is 5.19. The summed E-state index contributed by atoms with van der Waals surface area (Å²) in [5, 5.41) is 3.10. The Balaban J connectivity index is 3.11. The number of ether oxygens (including phenoxy) is 1. The Morgan fingerprint density at radius 2 is 2.00 bits per heavy atom. The number of hydrogen-bond donors (Lipinski definition) is 0. The first-order valence-electron chi connectivity index (χ1n) is 3.78. The molecule has 0 amide bonds. The van der Waals surface area contributed by atoms with Crippen molar-refractivity contribution in [2.75, 3.05) is 7.11 Å². The van der Waals surface area contributed by atoms with E-state index in [0.717, 1.165) is 9.54 Å². The van der Waals surface area contributed by atoms with E-state index in [2.05, 4.69) is 42.1 Å². The highest BCUT2D eigenvalue weighted by Crippen LogP contribution is 2.41. The first-order valence-corrected chi connectivity index (χ1v) is 5.45. The summed E-state index contributed by atoms with van der Waals surface area (Å²) in [6, 6.07) is 0. The number of rotatable bonds is 1. The van der Waals surface area contributed by atoms with Crippen molar-refractivity contribution < 1.29 is 4.74 Å². The second-order valence-electron chi connectivity index (χ2n) is 3.70. The molecule has 1 heterocycles. The molecule has 0 saturated heterocycles. The van der Waals surface area contributed by atoms with Crippen LogP contribution in [0.3, 0.4) is 0 Å². The van der Waals surface area contributed by atoms with Crippen LogP contribution in [0.5, 0.6) is 5.06 Å². The molecule has 0 unspecified atom stereocenters. The molecule has 0 atom stereocenters. The maximum Gasteiger partial charge on any atom is 0.188 e. The molecular formula is C9H13BrOS. The summed E-state index contributed by atoms with van der Waals surface area (Å²) in [5.74, 6) is 0. The standard InChI is InChI=1S/C9H13BrOS/c1-9(2,3)6-5-12-8(11-4)7(6)10/h5H,1-4H3. The molecule has 0 aliphatic heterocycles. The van der Waals surface area contributed by atoms with E-state index >= 15 is 0 Å². The molecule has 1 aromatic rings. The van der Waals surface area contributed by atoms with Crippen LogP contribution in [0.1, 0.15) is 26.3 Å². The summed E-state index contributed by atoms with van der Waals surface area (Å²) >= 11 is 5.17. The molecule has 1 rings (SSSR count). The Bertz CT molecular complexity index is 273. The number of halogens is 1. The predicted molar refractivity (Wildman–Crippen MR) is 57.3 cm³/mol. The Kier molecular flexibility index (Phi) is 2.84. The monoisotopic (exact) mass is 248 g/mol. The molecular weight excluding hydrogens is 236 g/mol. The van der Waals surface area contributed by atoms with Gasteiger partial charge in [0.15, 0.2) is 5.06 Å². The number of hydrogen-bond acceptors (Lipinski definition) is 2. The number of methoxy groups -OCH3 is 1. The van der Waals surface area contributed by atoms with Gasteiger partial charge in [-0.1, -0.05) is 20.8 Å². The summed E-state index contributed by atoms with van der Waals surface area (Å²) in [5.41, 5.74) is 1.50. The van der Waals surface area contributed by atoms with Gasteiger partial charge in [-0.2, -0.15) is 0 Å². The zero-order chi connectivity index (χ0) is 9.35. The molecule has 68 valence electrons. The molecule has 0 fully saturated rings. The molecule has 0 bridgehead atoms. The fourth-order valence-corrected chi connectivity index (χ4v) is 3.28. The van der Waals surface area contributed by atoms with Crippen LogP contribution in [-0.4, -0.2) is 7.11 Å². The zero-order valence-corrected chi connectivity index (χ0v) is 10.2. The van der Waals surface area contributed by atoms with Crippen LogP contribution in [0.25, 0.3) is 0 Å². The lowest BCUT2D eigenvalue weighted by Gasteiger charge is -2.17. The normalized spacial score (nSPS) is 11.8. The maximum atomic E-state index is 5.19. The topological polar surface area (TPSA) is 9.23 Å². The van der Waals surface area contributed by atoms with Gasteiger partial charge in [-0.05, 0) is 32.3 Å². The van der Waals surface area contributed by atoms with Gasteiger partial charge in [-0.25, -0.2) is 0 Å².